The summed E-state index contributed by atoms with van der Waals surface area (Å²) in [4.78, 5) is 0. The molecule has 4 heteroatoms. The van der Waals surface area contributed by atoms with Crippen molar-refractivity contribution in [3.8, 4) is 0 Å². The fourth-order valence-electron chi connectivity index (χ4n) is 0.372. The fourth-order valence-corrected chi connectivity index (χ4v) is 1.02. The van der Waals surface area contributed by atoms with E-state index in [-0.39, 0.29) is 0 Å². The van der Waals surface area contributed by atoms with E-state index < -0.39 is 10.0 Å². The quantitative estimate of drug-likeness (QED) is 0.568. The maximum Gasteiger partial charge on any atom is 0.229 e. The minimum absolute atomic E-state index is 0.799. The molecule has 0 aromatic carbocycles. The number of nitrogens with one attached hydrogen (secondary N) is 1. The third kappa shape index (κ3) is 1.97. The molecule has 0 fully saturated rings. The largest absolute Gasteiger partial charge is 0.288 e. The van der Waals surface area contributed by atoms with E-state index in [2.05, 4.69) is 4.72 Å². The van der Waals surface area contributed by atoms with E-state index in [9.17, 15) is 8.42 Å². The molecule has 0 aromatic rings. The van der Waals surface area contributed by atoms with Crippen molar-refractivity contribution in [1.29, 1.82) is 0 Å². The van der Waals surface area contributed by atoms with E-state index in [0.29, 0.717) is 0 Å². The Hall–Kier alpha value is -0.510. The van der Waals surface area contributed by atoms with Crippen LogP contribution in [0.3, 0.4) is 0 Å². The smallest absolute Gasteiger partial charge is 0.229 e. The summed E-state index contributed by atoms with van der Waals surface area (Å²) in [5.74, 6) is 0. The highest BCUT2D eigenvalue weighted by Crippen LogP contribution is 2.13. The first kappa shape index (κ1) is 5.62. The van der Waals surface area contributed by atoms with Crippen molar-refractivity contribution in [1.82, 2.24) is 4.72 Å². The van der Waals surface area contributed by atoms with Gasteiger partial charge < -0.3 is 0 Å². The van der Waals surface area contributed by atoms with Gasteiger partial charge in [0, 0.05) is 12.1 Å². The molecule has 0 unspecified atom stereocenters. The van der Waals surface area contributed by atoms with Crippen LogP contribution in [0.1, 0.15) is 6.42 Å². The summed E-state index contributed by atoms with van der Waals surface area (Å²) in [6.07, 6.45) is 3.76. The summed E-state index contributed by atoms with van der Waals surface area (Å²) >= 11 is 0. The molecule has 8 heavy (non-hydrogen) atoms. The second-order valence-electron chi connectivity index (χ2n) is 1.81. The Morgan fingerprint density at radius 1 is 1.75 bits per heavy atom. The van der Waals surface area contributed by atoms with Gasteiger partial charge in [0.1, 0.15) is 0 Å². The highest BCUT2D eigenvalue weighted by Gasteiger charge is 2.10. The van der Waals surface area contributed by atoms with Crippen LogP contribution in [-0.4, -0.2) is 14.7 Å². The van der Waals surface area contributed by atoms with Gasteiger partial charge in [0.25, 0.3) is 0 Å². The Balaban J connectivity index is 2.51. The highest BCUT2D eigenvalue weighted by molar-refractivity contribution is 7.88. The third-order valence-corrected chi connectivity index (χ3v) is 1.36. The summed E-state index contributed by atoms with van der Waals surface area (Å²) < 4.78 is 23.0. The maximum absolute atomic E-state index is 10.3. The molecule has 1 aliphatic carbocycles. The first-order valence-corrected chi connectivity index (χ1v) is 4.14. The van der Waals surface area contributed by atoms with Crippen molar-refractivity contribution >= 4 is 10.0 Å². The van der Waals surface area contributed by atoms with E-state index in [1.807, 2.05) is 6.08 Å². The number of hydrogen-bond acceptors (Lipinski definition) is 2. The molecule has 3 nitrogen and oxygen atoms in total. The lowest BCUT2D eigenvalue weighted by Crippen LogP contribution is -2.16. The van der Waals surface area contributed by atoms with E-state index in [0.717, 1.165) is 18.4 Å². The third-order valence-electron chi connectivity index (χ3n) is 0.725. The lowest BCUT2D eigenvalue weighted by molar-refractivity contribution is 0.595. The molecule has 1 rings (SSSR count). The van der Waals surface area contributed by atoms with Gasteiger partial charge in [-0.15, -0.1) is 0 Å². The Morgan fingerprint density at radius 3 is 2.38 bits per heavy atom. The standard InChI is InChI=1S/C4H7NO2S/c1-8(6,7)5-4-2-3-4/h2,5H,3H2,1H3. The first-order chi connectivity index (χ1) is 3.58. The van der Waals surface area contributed by atoms with Crippen LogP contribution in [0, 0.1) is 0 Å². The van der Waals surface area contributed by atoms with Crippen LogP contribution in [-0.2, 0) is 10.0 Å². The van der Waals surface area contributed by atoms with Gasteiger partial charge >= 0.3 is 0 Å². The summed E-state index contributed by atoms with van der Waals surface area (Å²) in [6, 6.07) is 0. The molecule has 0 saturated heterocycles. The van der Waals surface area contributed by atoms with Crippen LogP contribution in [0.4, 0.5) is 0 Å². The minimum atomic E-state index is -2.98. The number of hydrogen-bond donors (Lipinski definition) is 1. The zero-order valence-electron chi connectivity index (χ0n) is 4.51. The van der Waals surface area contributed by atoms with Gasteiger partial charge in [-0.25, -0.2) is 8.42 Å². The topological polar surface area (TPSA) is 46.2 Å². The number of sulfonamides is 1. The van der Waals surface area contributed by atoms with Crippen LogP contribution in [0.25, 0.3) is 0 Å². The monoisotopic (exact) mass is 133 g/mol. The Labute approximate surface area is 48.4 Å². The Kier molecular flexibility index (Phi) is 1.04. The normalized spacial score (nSPS) is 17.4. The number of allylic oxidation sites excluding steroid dienone is 2. The molecular formula is C4H7NO2S. The lowest BCUT2D eigenvalue weighted by Gasteiger charge is -1.93. The molecule has 1 N–H and O–H groups in total. The molecule has 0 radical (unpaired) electrons. The highest BCUT2D eigenvalue weighted by atomic mass is 32.2. The molecule has 0 aliphatic heterocycles. The molecule has 0 aromatic heterocycles. The van der Waals surface area contributed by atoms with Crippen LogP contribution >= 0.6 is 0 Å². The van der Waals surface area contributed by atoms with E-state index in [1.165, 1.54) is 0 Å². The van der Waals surface area contributed by atoms with Crippen LogP contribution in [0.2, 0.25) is 0 Å². The summed E-state index contributed by atoms with van der Waals surface area (Å²) in [7, 11) is -2.98. The molecule has 46 valence electrons. The molecule has 0 amide bonds. The van der Waals surface area contributed by atoms with Crippen LogP contribution in [0.5, 0.6) is 0 Å². The predicted molar refractivity (Wildman–Crippen MR) is 30.7 cm³/mol. The van der Waals surface area contributed by atoms with Crippen molar-refractivity contribution in [2.45, 2.75) is 6.42 Å². The van der Waals surface area contributed by atoms with Crippen molar-refractivity contribution < 1.29 is 8.42 Å². The minimum Gasteiger partial charge on any atom is -0.288 e. The van der Waals surface area contributed by atoms with Crippen LogP contribution in [0.15, 0.2) is 11.8 Å². The zero-order valence-corrected chi connectivity index (χ0v) is 5.33. The zero-order chi connectivity index (χ0) is 6.20. The molecule has 0 bridgehead atoms. The summed E-state index contributed by atoms with van der Waals surface area (Å²) in [5, 5.41) is 0. The van der Waals surface area contributed by atoms with Crippen LogP contribution < -0.4 is 4.72 Å². The molecule has 1 aliphatic rings. The maximum atomic E-state index is 10.3. The van der Waals surface area contributed by atoms with Gasteiger partial charge in [-0.1, -0.05) is 6.08 Å². The van der Waals surface area contributed by atoms with Gasteiger partial charge in [0.2, 0.25) is 10.0 Å². The molecule has 0 saturated carbocycles. The van der Waals surface area contributed by atoms with Crippen molar-refractivity contribution in [3.05, 3.63) is 11.8 Å². The van der Waals surface area contributed by atoms with Crippen molar-refractivity contribution in [3.63, 3.8) is 0 Å². The summed E-state index contributed by atoms with van der Waals surface area (Å²) in [6.45, 7) is 0. The molecule has 0 spiro atoms. The molecule has 0 heterocycles. The second-order valence-corrected chi connectivity index (χ2v) is 3.56. The predicted octanol–water partition coefficient (Wildman–Crippen LogP) is -0.177. The lowest BCUT2D eigenvalue weighted by atomic mass is 10.8. The number of rotatable bonds is 2. The Morgan fingerprint density at radius 2 is 2.25 bits per heavy atom. The first-order valence-electron chi connectivity index (χ1n) is 2.25. The van der Waals surface area contributed by atoms with Crippen molar-refractivity contribution in [2.24, 2.45) is 0 Å². The van der Waals surface area contributed by atoms with E-state index in [1.54, 1.807) is 0 Å². The average Bonchev–Trinajstić information content (AvgIpc) is 2.12. The van der Waals surface area contributed by atoms with Gasteiger partial charge in [-0.2, -0.15) is 0 Å². The second kappa shape index (κ2) is 1.48. The average molecular weight is 133 g/mol. The van der Waals surface area contributed by atoms with Gasteiger partial charge in [-0.3, -0.25) is 4.72 Å². The SMILES string of the molecule is CS(=O)(=O)NC1=CC1. The van der Waals surface area contributed by atoms with Crippen molar-refractivity contribution in [2.75, 3.05) is 6.26 Å². The van der Waals surface area contributed by atoms with Gasteiger partial charge in [0.15, 0.2) is 0 Å². The summed E-state index contributed by atoms with van der Waals surface area (Å²) in [5.41, 5.74) is 0.813. The fraction of sp³-hybridized carbons (Fsp3) is 0.500. The molecule has 0 atom stereocenters. The van der Waals surface area contributed by atoms with Gasteiger partial charge in [-0.05, 0) is 0 Å². The van der Waals surface area contributed by atoms with E-state index >= 15 is 0 Å². The Bertz CT molecular complexity index is 214. The molecular weight excluding hydrogens is 126 g/mol. The van der Waals surface area contributed by atoms with Gasteiger partial charge in [0.05, 0.1) is 6.26 Å². The van der Waals surface area contributed by atoms with E-state index in [4.69, 9.17) is 0 Å².